The van der Waals surface area contributed by atoms with Crippen molar-refractivity contribution in [3.63, 3.8) is 0 Å². The Bertz CT molecular complexity index is 353. The molecule has 0 N–H and O–H groups in total. The van der Waals surface area contributed by atoms with Gasteiger partial charge in [-0.25, -0.2) is 0 Å². The molecule has 1 unspecified atom stereocenters. The minimum atomic E-state index is 0.523. The van der Waals surface area contributed by atoms with Gasteiger partial charge < -0.3 is 0 Å². The van der Waals surface area contributed by atoms with Crippen LogP contribution in [0.3, 0.4) is 0 Å². The summed E-state index contributed by atoms with van der Waals surface area (Å²) in [5, 5.41) is 0. The molecule has 0 fully saturated rings. The molecular formula is C13H15N. The van der Waals surface area contributed by atoms with Crippen LogP contribution < -0.4 is 0 Å². The fourth-order valence-electron chi connectivity index (χ4n) is 1.61. The van der Waals surface area contributed by atoms with Crippen molar-refractivity contribution in [2.24, 2.45) is 10.9 Å². The van der Waals surface area contributed by atoms with Crippen LogP contribution >= 0.6 is 0 Å². The van der Waals surface area contributed by atoms with E-state index in [1.807, 2.05) is 0 Å². The van der Waals surface area contributed by atoms with E-state index >= 15 is 0 Å². The fourth-order valence-corrected chi connectivity index (χ4v) is 1.61. The number of allylic oxidation sites excluding steroid dienone is 7. The van der Waals surface area contributed by atoms with Crippen LogP contribution in [0.2, 0.25) is 0 Å². The Hall–Kier alpha value is -1.37. The van der Waals surface area contributed by atoms with Crippen LogP contribution in [0.4, 0.5) is 0 Å². The molecule has 2 rings (SSSR count). The van der Waals surface area contributed by atoms with Crippen molar-refractivity contribution >= 4 is 5.71 Å². The van der Waals surface area contributed by atoms with E-state index in [-0.39, 0.29) is 0 Å². The van der Waals surface area contributed by atoms with Gasteiger partial charge in [-0.15, -0.1) is 0 Å². The van der Waals surface area contributed by atoms with E-state index in [2.05, 4.69) is 54.4 Å². The van der Waals surface area contributed by atoms with Crippen molar-refractivity contribution in [1.29, 1.82) is 0 Å². The van der Waals surface area contributed by atoms with Gasteiger partial charge >= 0.3 is 0 Å². The number of rotatable bonds is 0. The zero-order valence-electron chi connectivity index (χ0n) is 8.48. The highest BCUT2D eigenvalue weighted by atomic mass is 14.8. The molecule has 2 aliphatic heterocycles. The molecule has 2 bridgehead atoms. The third-order valence-corrected chi connectivity index (χ3v) is 2.39. The average molecular weight is 185 g/mol. The predicted molar refractivity (Wildman–Crippen MR) is 61.3 cm³/mol. The molecule has 0 amide bonds. The van der Waals surface area contributed by atoms with E-state index in [0.29, 0.717) is 5.92 Å². The van der Waals surface area contributed by atoms with E-state index in [4.69, 9.17) is 0 Å². The largest absolute Gasteiger partial charge is 0.257 e. The highest BCUT2D eigenvalue weighted by Gasteiger charge is 2.02. The maximum Gasteiger partial charge on any atom is 0.0444 e. The first-order valence-corrected chi connectivity index (χ1v) is 5.13. The van der Waals surface area contributed by atoms with E-state index < -0.39 is 0 Å². The summed E-state index contributed by atoms with van der Waals surface area (Å²) in [7, 11) is 0. The minimum Gasteiger partial charge on any atom is -0.257 e. The summed E-state index contributed by atoms with van der Waals surface area (Å²) in [5.41, 5.74) is 2.34. The molecule has 0 saturated heterocycles. The van der Waals surface area contributed by atoms with Crippen LogP contribution in [-0.4, -0.2) is 5.71 Å². The zero-order chi connectivity index (χ0) is 9.80. The molecule has 0 aromatic carbocycles. The maximum atomic E-state index is 4.56. The molecule has 0 radical (unpaired) electrons. The number of dihydropyridines is 1. The molecule has 1 heteroatoms. The van der Waals surface area contributed by atoms with Gasteiger partial charge in [-0.2, -0.15) is 0 Å². The molecule has 2 aliphatic rings. The molecule has 1 nitrogen and oxygen atoms in total. The molecule has 0 aromatic heterocycles. The van der Waals surface area contributed by atoms with Gasteiger partial charge in [0.05, 0.1) is 0 Å². The van der Waals surface area contributed by atoms with Gasteiger partial charge in [0, 0.05) is 24.3 Å². The third kappa shape index (κ3) is 2.32. The standard InChI is InChI=1S/C13H15N/c1-11-5-2-7-12-9-4-10-13(14-12)8-3-6-11/h2-7,10-11H,8-9H2,1H3/b5-2-,6-3?,12-7-. The molecule has 1 atom stereocenters. The first kappa shape index (κ1) is 9.20. The molecule has 0 aromatic rings. The van der Waals surface area contributed by atoms with Crippen LogP contribution in [0.15, 0.2) is 53.2 Å². The van der Waals surface area contributed by atoms with Crippen molar-refractivity contribution in [3.8, 4) is 0 Å². The van der Waals surface area contributed by atoms with E-state index in [9.17, 15) is 0 Å². The van der Waals surface area contributed by atoms with Gasteiger partial charge in [-0.3, -0.25) is 4.99 Å². The molecule has 0 aliphatic carbocycles. The summed E-state index contributed by atoms with van der Waals surface area (Å²) < 4.78 is 0. The molecule has 0 saturated carbocycles. The molecule has 72 valence electrons. The first-order chi connectivity index (χ1) is 6.84. The van der Waals surface area contributed by atoms with Crippen molar-refractivity contribution in [2.75, 3.05) is 0 Å². The van der Waals surface area contributed by atoms with E-state index in [1.165, 1.54) is 11.4 Å². The summed E-state index contributed by atoms with van der Waals surface area (Å²) >= 11 is 0. The highest BCUT2D eigenvalue weighted by molar-refractivity contribution is 5.97. The van der Waals surface area contributed by atoms with Gasteiger partial charge in [0.25, 0.3) is 0 Å². The second-order valence-electron chi connectivity index (χ2n) is 3.74. The lowest BCUT2D eigenvalue weighted by Gasteiger charge is -2.08. The van der Waals surface area contributed by atoms with Crippen molar-refractivity contribution in [1.82, 2.24) is 0 Å². The van der Waals surface area contributed by atoms with Crippen LogP contribution in [0.1, 0.15) is 19.8 Å². The second kappa shape index (κ2) is 4.23. The topological polar surface area (TPSA) is 12.4 Å². The van der Waals surface area contributed by atoms with Crippen LogP contribution in [0, 0.1) is 5.92 Å². The number of fused-ring (bicyclic) bond motifs is 1. The first-order valence-electron chi connectivity index (χ1n) is 5.13. The number of nitrogens with zero attached hydrogens (tertiary/aromatic N) is 1. The second-order valence-corrected chi connectivity index (χ2v) is 3.74. The summed E-state index contributed by atoms with van der Waals surface area (Å²) in [6.07, 6.45) is 17.1. The molecule has 0 spiro atoms. The Morgan fingerprint density at radius 1 is 1.21 bits per heavy atom. The minimum absolute atomic E-state index is 0.523. The number of hydrogen-bond acceptors (Lipinski definition) is 1. The summed E-state index contributed by atoms with van der Waals surface area (Å²) in [6, 6.07) is 0. The van der Waals surface area contributed by atoms with Crippen molar-refractivity contribution in [3.05, 3.63) is 48.2 Å². The number of hydrogen-bond donors (Lipinski definition) is 0. The summed E-state index contributed by atoms with van der Waals surface area (Å²) in [6.45, 7) is 2.19. The predicted octanol–water partition coefficient (Wildman–Crippen LogP) is 3.42. The van der Waals surface area contributed by atoms with Gasteiger partial charge in [-0.1, -0.05) is 37.3 Å². The lowest BCUT2D eigenvalue weighted by atomic mass is 10.1. The lowest BCUT2D eigenvalue weighted by Crippen LogP contribution is -1.98. The Kier molecular flexibility index (Phi) is 2.78. The van der Waals surface area contributed by atoms with Crippen LogP contribution in [-0.2, 0) is 0 Å². The molecule has 2 heterocycles. The van der Waals surface area contributed by atoms with Gasteiger partial charge in [0.1, 0.15) is 0 Å². The fraction of sp³-hybridized carbons (Fsp3) is 0.308. The molecular weight excluding hydrogens is 170 g/mol. The number of aliphatic imine (C=N–C) groups is 1. The summed E-state index contributed by atoms with van der Waals surface area (Å²) in [5.74, 6) is 0.523. The molecule has 14 heavy (non-hydrogen) atoms. The zero-order valence-corrected chi connectivity index (χ0v) is 8.48. The SMILES string of the molecule is CC1C=CCC2=N/C(=C\C=C/1)CC=C2. The Labute approximate surface area is 85.2 Å². The Morgan fingerprint density at radius 3 is 3.07 bits per heavy atom. The third-order valence-electron chi connectivity index (χ3n) is 2.39. The Morgan fingerprint density at radius 2 is 2.14 bits per heavy atom. The Balaban J connectivity index is 2.27. The van der Waals surface area contributed by atoms with E-state index in [1.54, 1.807) is 0 Å². The quantitative estimate of drug-likeness (QED) is 0.513. The summed E-state index contributed by atoms with van der Waals surface area (Å²) in [4.78, 5) is 4.56. The van der Waals surface area contributed by atoms with Gasteiger partial charge in [0.15, 0.2) is 0 Å². The smallest absolute Gasteiger partial charge is 0.0444 e. The maximum absolute atomic E-state index is 4.56. The normalized spacial score (nSPS) is 31.6. The van der Waals surface area contributed by atoms with E-state index in [0.717, 1.165) is 12.8 Å². The van der Waals surface area contributed by atoms with Crippen molar-refractivity contribution < 1.29 is 0 Å². The van der Waals surface area contributed by atoms with Crippen LogP contribution in [0.25, 0.3) is 0 Å². The lowest BCUT2D eigenvalue weighted by molar-refractivity contribution is 0.933. The van der Waals surface area contributed by atoms with Crippen molar-refractivity contribution in [2.45, 2.75) is 19.8 Å². The van der Waals surface area contributed by atoms with Gasteiger partial charge in [-0.05, 0) is 18.1 Å². The highest BCUT2D eigenvalue weighted by Crippen LogP contribution is 2.14. The van der Waals surface area contributed by atoms with Crippen LogP contribution in [0.5, 0.6) is 0 Å². The average Bonchev–Trinajstić information content (AvgIpc) is 2.18. The monoisotopic (exact) mass is 185 g/mol. The van der Waals surface area contributed by atoms with Gasteiger partial charge in [0.2, 0.25) is 0 Å².